The second kappa shape index (κ2) is 6.87. The molecular weight excluding hydrogens is 286 g/mol. The molecule has 0 aliphatic heterocycles. The molecule has 0 bridgehead atoms. The summed E-state index contributed by atoms with van der Waals surface area (Å²) >= 11 is 1.67. The van der Waals surface area contributed by atoms with Gasteiger partial charge in [-0.05, 0) is 37.5 Å². The number of hydrogen-bond acceptors (Lipinski definition) is 5. The van der Waals surface area contributed by atoms with E-state index in [9.17, 15) is 9.90 Å². The number of hydrogen-bond donors (Lipinski definition) is 2. The van der Waals surface area contributed by atoms with E-state index in [1.807, 2.05) is 30.5 Å². The maximum Gasteiger partial charge on any atom is 0.271 e. The van der Waals surface area contributed by atoms with Crippen LogP contribution in [0.15, 0.2) is 30.5 Å². The van der Waals surface area contributed by atoms with Crippen molar-refractivity contribution in [2.75, 3.05) is 18.6 Å². The average Bonchev–Trinajstić information content (AvgIpc) is 2.50. The maximum absolute atomic E-state index is 12.1. The Morgan fingerprint density at radius 2 is 2.10 bits per heavy atom. The number of para-hydroxylation sites is 2. The predicted octanol–water partition coefficient (Wildman–Crippen LogP) is 1.86. The molecule has 0 saturated carbocycles. The highest BCUT2D eigenvalue weighted by atomic mass is 32.2. The first-order valence-corrected chi connectivity index (χ1v) is 8.12. The Kier molecular flexibility index (Phi) is 5.14. The summed E-state index contributed by atoms with van der Waals surface area (Å²) in [6.07, 6.45) is 4.06. The number of amides is 1. The zero-order valence-electron chi connectivity index (χ0n) is 12.2. The summed E-state index contributed by atoms with van der Waals surface area (Å²) in [4.78, 5) is 20.6. The molecule has 1 aromatic heterocycles. The number of benzene rings is 1. The zero-order chi connectivity index (χ0) is 15.3. The fourth-order valence-electron chi connectivity index (χ4n) is 1.84. The Morgan fingerprint density at radius 1 is 1.38 bits per heavy atom. The first-order valence-electron chi connectivity index (χ1n) is 6.73. The minimum absolute atomic E-state index is 0.195. The van der Waals surface area contributed by atoms with Crippen molar-refractivity contribution < 1.29 is 9.90 Å². The Balaban J connectivity index is 2.02. The number of rotatable bonds is 6. The lowest BCUT2D eigenvalue weighted by Gasteiger charge is -2.23. The van der Waals surface area contributed by atoms with Crippen molar-refractivity contribution in [3.63, 3.8) is 0 Å². The molecule has 2 rings (SSSR count). The van der Waals surface area contributed by atoms with Crippen LogP contribution in [0.3, 0.4) is 0 Å². The quantitative estimate of drug-likeness (QED) is 0.852. The molecule has 0 aliphatic rings. The largest absolute Gasteiger partial charge is 0.388 e. The van der Waals surface area contributed by atoms with Gasteiger partial charge < -0.3 is 10.4 Å². The van der Waals surface area contributed by atoms with Crippen molar-refractivity contribution in [1.29, 1.82) is 0 Å². The van der Waals surface area contributed by atoms with E-state index < -0.39 is 5.60 Å². The number of nitrogens with one attached hydrogen (secondary N) is 1. The molecule has 1 amide bonds. The molecular formula is C15H19N3O2S. The highest BCUT2D eigenvalue weighted by Gasteiger charge is 2.21. The minimum Gasteiger partial charge on any atom is -0.388 e. The van der Waals surface area contributed by atoms with Crippen LogP contribution in [0.4, 0.5) is 0 Å². The van der Waals surface area contributed by atoms with Crippen LogP contribution in [0.1, 0.15) is 23.8 Å². The lowest BCUT2D eigenvalue weighted by atomic mass is 10.0. The molecule has 112 valence electrons. The van der Waals surface area contributed by atoms with Crippen LogP contribution < -0.4 is 5.32 Å². The summed E-state index contributed by atoms with van der Waals surface area (Å²) in [5.74, 6) is 0.524. The molecule has 0 fully saturated rings. The summed E-state index contributed by atoms with van der Waals surface area (Å²) in [6, 6.07) is 7.39. The SMILES string of the molecule is CSCCC(C)(O)CNC(=O)c1cnc2ccccc2n1. The van der Waals surface area contributed by atoms with Crippen LogP contribution in [-0.2, 0) is 0 Å². The summed E-state index contributed by atoms with van der Waals surface area (Å²) in [6.45, 7) is 1.91. The van der Waals surface area contributed by atoms with Crippen LogP contribution in [-0.4, -0.2) is 45.1 Å². The van der Waals surface area contributed by atoms with Crippen LogP contribution in [0.2, 0.25) is 0 Å². The van der Waals surface area contributed by atoms with Gasteiger partial charge in [-0.2, -0.15) is 11.8 Å². The van der Waals surface area contributed by atoms with Gasteiger partial charge in [-0.25, -0.2) is 4.98 Å². The molecule has 5 nitrogen and oxygen atoms in total. The summed E-state index contributed by atoms with van der Waals surface area (Å²) in [5.41, 5.74) is 0.776. The number of carbonyl (C=O) groups is 1. The van der Waals surface area contributed by atoms with E-state index in [-0.39, 0.29) is 18.1 Å². The van der Waals surface area contributed by atoms with Gasteiger partial charge >= 0.3 is 0 Å². The molecule has 6 heteroatoms. The number of carbonyl (C=O) groups excluding carboxylic acids is 1. The van der Waals surface area contributed by atoms with Gasteiger partial charge in [0, 0.05) is 6.54 Å². The van der Waals surface area contributed by atoms with Crippen molar-refractivity contribution >= 4 is 28.7 Å². The van der Waals surface area contributed by atoms with E-state index in [4.69, 9.17) is 0 Å². The molecule has 0 radical (unpaired) electrons. The Hall–Kier alpha value is -1.66. The van der Waals surface area contributed by atoms with Gasteiger partial charge in [0.1, 0.15) is 5.69 Å². The third-order valence-electron chi connectivity index (χ3n) is 3.16. The Labute approximate surface area is 128 Å². The molecule has 0 aliphatic carbocycles. The Bertz CT molecular complexity index is 631. The molecule has 2 aromatic rings. The van der Waals surface area contributed by atoms with Crippen molar-refractivity contribution in [3.05, 3.63) is 36.2 Å². The van der Waals surface area contributed by atoms with Crippen LogP contribution in [0, 0.1) is 0 Å². The third kappa shape index (κ3) is 4.41. The normalized spacial score (nSPS) is 13.9. The standard InChI is InChI=1S/C15H19N3O2S/c1-15(20,7-8-21-2)10-17-14(19)13-9-16-11-5-3-4-6-12(11)18-13/h3-6,9,20H,7-8,10H2,1-2H3,(H,17,19). The third-order valence-corrected chi connectivity index (χ3v) is 3.77. The van der Waals surface area contributed by atoms with E-state index in [1.165, 1.54) is 6.20 Å². The van der Waals surface area contributed by atoms with Gasteiger partial charge in [-0.3, -0.25) is 9.78 Å². The number of nitrogens with zero attached hydrogens (tertiary/aromatic N) is 2. The summed E-state index contributed by atoms with van der Waals surface area (Å²) in [7, 11) is 0. The second-order valence-corrected chi connectivity index (χ2v) is 6.15. The zero-order valence-corrected chi connectivity index (χ0v) is 13.0. The molecule has 0 saturated heterocycles. The minimum atomic E-state index is -0.914. The first-order chi connectivity index (χ1) is 10.0. The summed E-state index contributed by atoms with van der Waals surface area (Å²) < 4.78 is 0. The van der Waals surface area contributed by atoms with Crippen molar-refractivity contribution in [2.24, 2.45) is 0 Å². The molecule has 1 heterocycles. The van der Waals surface area contributed by atoms with Crippen LogP contribution in [0.25, 0.3) is 11.0 Å². The van der Waals surface area contributed by atoms with E-state index >= 15 is 0 Å². The van der Waals surface area contributed by atoms with E-state index in [0.717, 1.165) is 11.3 Å². The van der Waals surface area contributed by atoms with Gasteiger partial charge in [-0.15, -0.1) is 0 Å². The fourth-order valence-corrected chi connectivity index (χ4v) is 2.48. The van der Waals surface area contributed by atoms with E-state index in [0.29, 0.717) is 11.9 Å². The predicted molar refractivity (Wildman–Crippen MR) is 85.5 cm³/mol. The van der Waals surface area contributed by atoms with Crippen LogP contribution >= 0.6 is 11.8 Å². The second-order valence-electron chi connectivity index (χ2n) is 5.17. The van der Waals surface area contributed by atoms with Gasteiger partial charge in [0.25, 0.3) is 5.91 Å². The van der Waals surface area contributed by atoms with Crippen LogP contribution in [0.5, 0.6) is 0 Å². The lowest BCUT2D eigenvalue weighted by Crippen LogP contribution is -2.41. The highest BCUT2D eigenvalue weighted by molar-refractivity contribution is 7.98. The van der Waals surface area contributed by atoms with Gasteiger partial charge in [0.05, 0.1) is 22.8 Å². The highest BCUT2D eigenvalue weighted by Crippen LogP contribution is 2.12. The monoisotopic (exact) mass is 305 g/mol. The molecule has 21 heavy (non-hydrogen) atoms. The average molecular weight is 305 g/mol. The number of aliphatic hydroxyl groups is 1. The first kappa shape index (κ1) is 15.7. The maximum atomic E-state index is 12.1. The topological polar surface area (TPSA) is 75.1 Å². The van der Waals surface area contributed by atoms with Crippen molar-refractivity contribution in [3.8, 4) is 0 Å². The lowest BCUT2D eigenvalue weighted by molar-refractivity contribution is 0.0527. The van der Waals surface area contributed by atoms with E-state index in [2.05, 4.69) is 15.3 Å². The smallest absolute Gasteiger partial charge is 0.271 e. The fraction of sp³-hybridized carbons (Fsp3) is 0.400. The number of thioether (sulfide) groups is 1. The molecule has 2 N–H and O–H groups in total. The van der Waals surface area contributed by atoms with Gasteiger partial charge in [0.2, 0.25) is 0 Å². The molecule has 1 aromatic carbocycles. The van der Waals surface area contributed by atoms with Gasteiger partial charge in [0.15, 0.2) is 0 Å². The van der Waals surface area contributed by atoms with Gasteiger partial charge in [-0.1, -0.05) is 12.1 Å². The molecule has 1 unspecified atom stereocenters. The summed E-state index contributed by atoms with van der Waals surface area (Å²) in [5, 5.41) is 12.9. The van der Waals surface area contributed by atoms with E-state index in [1.54, 1.807) is 18.7 Å². The molecule has 1 atom stereocenters. The molecule has 0 spiro atoms. The number of fused-ring (bicyclic) bond motifs is 1. The Morgan fingerprint density at radius 3 is 2.81 bits per heavy atom. The van der Waals surface area contributed by atoms with Crippen molar-refractivity contribution in [1.82, 2.24) is 15.3 Å². The number of aromatic nitrogens is 2. The van der Waals surface area contributed by atoms with Crippen molar-refractivity contribution in [2.45, 2.75) is 18.9 Å².